The highest BCUT2D eigenvalue weighted by atomic mass is 32.1. The number of thiazole rings is 1. The molecule has 152 valence electrons. The van der Waals surface area contributed by atoms with Crippen LogP contribution in [0.2, 0.25) is 0 Å². The summed E-state index contributed by atoms with van der Waals surface area (Å²) in [4.78, 5) is 32.6. The van der Waals surface area contributed by atoms with E-state index in [0.29, 0.717) is 33.4 Å². The Morgan fingerprint density at radius 1 is 1.48 bits per heavy atom. The number of carbonyl (C=O) groups is 2. The lowest BCUT2D eigenvalue weighted by atomic mass is 10.1. The van der Waals surface area contributed by atoms with E-state index in [2.05, 4.69) is 25.3 Å². The first-order valence-electron chi connectivity index (χ1n) is 8.66. The molecule has 0 radical (unpaired) electrons. The van der Waals surface area contributed by atoms with Gasteiger partial charge in [0.1, 0.15) is 15.7 Å². The summed E-state index contributed by atoms with van der Waals surface area (Å²) >= 11 is 1.16. The minimum atomic E-state index is -0.459. The van der Waals surface area contributed by atoms with E-state index in [1.54, 1.807) is 20.9 Å². The Bertz CT molecular complexity index is 716. The maximum atomic E-state index is 12.5. The molecule has 9 heteroatoms. The summed E-state index contributed by atoms with van der Waals surface area (Å²) in [5.74, 6) is -0.307. The van der Waals surface area contributed by atoms with E-state index in [1.807, 2.05) is 20.8 Å². The van der Waals surface area contributed by atoms with Gasteiger partial charge in [-0.25, -0.2) is 9.78 Å². The smallest absolute Gasteiger partial charge is 0.349 e. The van der Waals surface area contributed by atoms with E-state index in [9.17, 15) is 9.59 Å². The van der Waals surface area contributed by atoms with Gasteiger partial charge in [-0.1, -0.05) is 13.8 Å². The van der Waals surface area contributed by atoms with Crippen LogP contribution in [0.3, 0.4) is 0 Å². The fourth-order valence-corrected chi connectivity index (χ4v) is 2.83. The van der Waals surface area contributed by atoms with Crippen molar-refractivity contribution in [3.05, 3.63) is 27.2 Å². The van der Waals surface area contributed by atoms with Crippen molar-refractivity contribution >= 4 is 35.3 Å². The standard InChI is InChI=1S/C16H23N5O3S.C2H6.H2/c1-6-19-13(18-4)11(7-17)9(2)14(22)21-10(3)15-20-8-12(25-15)16(23)24-5;1-2;/h7-8,10,17H,6H2,1-5H3,(H,18,19)(H,21,22);1-2H3;1H/b11-9+,17-7?;;. The fourth-order valence-electron chi connectivity index (χ4n) is 1.99. The summed E-state index contributed by atoms with van der Waals surface area (Å²) in [6.45, 7) is 9.94. The van der Waals surface area contributed by atoms with Crippen LogP contribution in [-0.4, -0.2) is 49.6 Å². The molecule has 1 amide bonds. The number of aliphatic imine (C=N–C) groups is 1. The first-order chi connectivity index (χ1) is 12.9. The van der Waals surface area contributed by atoms with Crippen LogP contribution in [0.15, 0.2) is 22.3 Å². The molecule has 0 spiro atoms. The van der Waals surface area contributed by atoms with E-state index < -0.39 is 5.97 Å². The number of ether oxygens (including phenoxy) is 1. The van der Waals surface area contributed by atoms with Crippen LogP contribution in [0, 0.1) is 5.41 Å². The second-order valence-electron chi connectivity index (χ2n) is 5.04. The molecule has 1 unspecified atom stereocenters. The highest BCUT2D eigenvalue weighted by Gasteiger charge is 2.19. The van der Waals surface area contributed by atoms with Gasteiger partial charge in [0, 0.05) is 32.4 Å². The van der Waals surface area contributed by atoms with Gasteiger partial charge in [0.2, 0.25) is 5.91 Å². The largest absolute Gasteiger partial charge is 0.465 e. The van der Waals surface area contributed by atoms with Crippen molar-refractivity contribution < 1.29 is 15.8 Å². The molecule has 0 aliphatic heterocycles. The molecule has 0 aliphatic carbocycles. The Hall–Kier alpha value is -2.55. The van der Waals surface area contributed by atoms with Gasteiger partial charge >= 0.3 is 5.97 Å². The highest BCUT2D eigenvalue weighted by molar-refractivity contribution is 7.13. The van der Waals surface area contributed by atoms with Gasteiger partial charge in [0.15, 0.2) is 0 Å². The number of nitrogens with zero attached hydrogens (tertiary/aromatic N) is 2. The Morgan fingerprint density at radius 2 is 2.11 bits per heavy atom. The van der Waals surface area contributed by atoms with E-state index in [4.69, 9.17) is 5.41 Å². The number of carbonyl (C=O) groups excluding carboxylic acids is 2. The van der Waals surface area contributed by atoms with Crippen molar-refractivity contribution in [3.8, 4) is 0 Å². The minimum absolute atomic E-state index is 0. The Labute approximate surface area is 166 Å². The molecule has 0 saturated carbocycles. The summed E-state index contributed by atoms with van der Waals surface area (Å²) in [5.41, 5.74) is 0.789. The van der Waals surface area contributed by atoms with Crippen LogP contribution in [0.4, 0.5) is 0 Å². The second kappa shape index (κ2) is 12.7. The lowest BCUT2D eigenvalue weighted by Crippen LogP contribution is -2.32. The van der Waals surface area contributed by atoms with E-state index in [1.165, 1.54) is 13.3 Å². The van der Waals surface area contributed by atoms with Gasteiger partial charge in [-0.2, -0.15) is 0 Å². The molecule has 0 aromatic carbocycles. The number of hydrogen-bond acceptors (Lipinski definition) is 7. The number of esters is 1. The summed E-state index contributed by atoms with van der Waals surface area (Å²) in [6, 6.07) is -0.390. The normalized spacial score (nSPS) is 12.8. The van der Waals surface area contributed by atoms with Crippen LogP contribution in [0.25, 0.3) is 0 Å². The van der Waals surface area contributed by atoms with Crippen LogP contribution >= 0.6 is 11.3 Å². The topological polar surface area (TPSA) is 117 Å². The molecular formula is C18H31N5O3S. The maximum Gasteiger partial charge on any atom is 0.349 e. The van der Waals surface area contributed by atoms with Gasteiger partial charge in [-0.3, -0.25) is 9.79 Å². The molecular weight excluding hydrogens is 366 g/mol. The molecule has 27 heavy (non-hydrogen) atoms. The summed E-state index contributed by atoms with van der Waals surface area (Å²) < 4.78 is 4.65. The van der Waals surface area contributed by atoms with E-state index >= 15 is 0 Å². The third kappa shape index (κ3) is 6.93. The van der Waals surface area contributed by atoms with Crippen LogP contribution in [-0.2, 0) is 9.53 Å². The average Bonchev–Trinajstić information content (AvgIpc) is 3.18. The van der Waals surface area contributed by atoms with Gasteiger partial charge < -0.3 is 20.8 Å². The number of likely N-dealkylation sites (N-methyl/N-ethyl adjacent to an activating group) is 1. The molecule has 1 heterocycles. The van der Waals surface area contributed by atoms with Crippen molar-refractivity contribution in [2.45, 2.75) is 40.7 Å². The number of rotatable bonds is 7. The van der Waals surface area contributed by atoms with Crippen LogP contribution in [0.5, 0.6) is 0 Å². The summed E-state index contributed by atoms with van der Waals surface area (Å²) in [5, 5.41) is 14.0. The van der Waals surface area contributed by atoms with Crippen molar-refractivity contribution in [1.82, 2.24) is 15.6 Å². The molecule has 0 saturated heterocycles. The molecule has 0 aliphatic rings. The Morgan fingerprint density at radius 3 is 2.59 bits per heavy atom. The number of amides is 1. The van der Waals surface area contributed by atoms with E-state index in [0.717, 1.165) is 17.6 Å². The van der Waals surface area contributed by atoms with Gasteiger partial charge in [0.05, 0.1) is 19.3 Å². The van der Waals surface area contributed by atoms with Crippen molar-refractivity contribution in [3.63, 3.8) is 0 Å². The molecule has 3 N–H and O–H groups in total. The molecule has 1 aromatic rings. The monoisotopic (exact) mass is 397 g/mol. The third-order valence-corrected chi connectivity index (χ3v) is 4.50. The van der Waals surface area contributed by atoms with Crippen LogP contribution < -0.4 is 10.6 Å². The molecule has 1 aromatic heterocycles. The number of aromatic nitrogens is 1. The zero-order valence-electron chi connectivity index (χ0n) is 17.0. The molecule has 1 atom stereocenters. The van der Waals surface area contributed by atoms with Crippen molar-refractivity contribution in [2.24, 2.45) is 4.99 Å². The molecule has 0 bridgehead atoms. The summed E-state index contributed by atoms with van der Waals surface area (Å²) in [6.07, 6.45) is 2.52. The van der Waals surface area contributed by atoms with Crippen LogP contribution in [0.1, 0.15) is 56.8 Å². The van der Waals surface area contributed by atoms with Gasteiger partial charge in [0.25, 0.3) is 0 Å². The molecule has 0 fully saturated rings. The number of methoxy groups -OCH3 is 1. The zero-order chi connectivity index (χ0) is 21.0. The third-order valence-electron chi connectivity index (χ3n) is 3.34. The number of hydrogen-bond donors (Lipinski definition) is 3. The predicted molar refractivity (Wildman–Crippen MR) is 112 cm³/mol. The average molecular weight is 398 g/mol. The van der Waals surface area contributed by atoms with Crippen molar-refractivity contribution in [1.29, 1.82) is 5.41 Å². The first-order valence-corrected chi connectivity index (χ1v) is 9.48. The Balaban J connectivity index is 0. The summed E-state index contributed by atoms with van der Waals surface area (Å²) in [7, 11) is 2.90. The SMILES string of the molecule is CC.CCNC(=NC)/C(C=N)=C(\C)C(=O)NC(C)c1ncc(C(=O)OC)s1.[HH]. The minimum Gasteiger partial charge on any atom is -0.465 e. The Kier molecular flexibility index (Phi) is 11.5. The quantitative estimate of drug-likeness (QED) is 0.283. The zero-order valence-corrected chi connectivity index (χ0v) is 17.8. The van der Waals surface area contributed by atoms with Gasteiger partial charge in [-0.05, 0) is 20.8 Å². The van der Waals surface area contributed by atoms with E-state index in [-0.39, 0.29) is 13.4 Å². The second-order valence-corrected chi connectivity index (χ2v) is 6.10. The van der Waals surface area contributed by atoms with Crippen molar-refractivity contribution in [2.75, 3.05) is 20.7 Å². The predicted octanol–water partition coefficient (Wildman–Crippen LogP) is 2.98. The lowest BCUT2D eigenvalue weighted by molar-refractivity contribution is -0.118. The number of nitrogens with one attached hydrogen (secondary N) is 3. The van der Waals surface area contributed by atoms with Gasteiger partial charge in [-0.15, -0.1) is 11.3 Å². The fraction of sp³-hybridized carbons (Fsp3) is 0.500. The molecule has 1 rings (SSSR count). The highest BCUT2D eigenvalue weighted by Crippen LogP contribution is 2.21. The maximum absolute atomic E-state index is 12.5. The number of amidine groups is 1. The molecule has 8 nitrogen and oxygen atoms in total. The lowest BCUT2D eigenvalue weighted by Gasteiger charge is -2.14. The first kappa shape index (κ1) is 24.5.